The molecule has 178 valence electrons. The number of cyclic esters (lactones) is 1. The van der Waals surface area contributed by atoms with Crippen molar-refractivity contribution in [3.8, 4) is 0 Å². The first kappa shape index (κ1) is 24.7. The number of sulfonamides is 1. The number of amides is 1. The van der Waals surface area contributed by atoms with E-state index in [-0.39, 0.29) is 23.8 Å². The van der Waals surface area contributed by atoms with Crippen LogP contribution in [0.5, 0.6) is 0 Å². The number of nitrogen functional groups attached to an aromatic ring is 1. The first-order chi connectivity index (χ1) is 16.1. The molecule has 1 aliphatic rings. The second-order valence-electron chi connectivity index (χ2n) is 7.46. The molecule has 1 aliphatic heterocycles. The molecule has 4 rings (SSSR count). The highest BCUT2D eigenvalue weighted by Crippen LogP contribution is 2.23. The van der Waals surface area contributed by atoms with Crippen LogP contribution in [0.15, 0.2) is 71.6 Å². The number of amidine groups is 1. The number of fused-ring (bicyclic) bond motifs is 1. The molecule has 0 saturated carbocycles. The lowest BCUT2D eigenvalue weighted by atomic mass is 10.1. The Morgan fingerprint density at radius 2 is 1.76 bits per heavy atom. The van der Waals surface area contributed by atoms with Gasteiger partial charge in [0.1, 0.15) is 11.9 Å². The molecule has 0 bridgehead atoms. The number of carboxylic acid groups (broad SMARTS) is 1. The van der Waals surface area contributed by atoms with Crippen LogP contribution in [0.3, 0.4) is 0 Å². The summed E-state index contributed by atoms with van der Waals surface area (Å²) in [6.45, 7) is 1.25. The van der Waals surface area contributed by atoms with E-state index >= 15 is 0 Å². The van der Waals surface area contributed by atoms with E-state index in [4.69, 9.17) is 25.8 Å². The van der Waals surface area contributed by atoms with Crippen molar-refractivity contribution in [2.45, 2.75) is 17.9 Å². The summed E-state index contributed by atoms with van der Waals surface area (Å²) < 4.78 is 33.2. The van der Waals surface area contributed by atoms with E-state index in [0.29, 0.717) is 11.3 Å². The van der Waals surface area contributed by atoms with E-state index in [2.05, 4.69) is 4.72 Å². The molecule has 0 spiro atoms. The molecular formula is C23H24N4O6S. The zero-order chi connectivity index (χ0) is 24.9. The number of ether oxygens (including phenoxy) is 1. The Morgan fingerprint density at radius 3 is 2.38 bits per heavy atom. The lowest BCUT2D eigenvalue weighted by Crippen LogP contribution is -2.34. The zero-order valence-corrected chi connectivity index (χ0v) is 19.1. The quantitative estimate of drug-likeness (QED) is 0.308. The Kier molecular flexibility index (Phi) is 7.49. The number of benzene rings is 3. The second-order valence-corrected chi connectivity index (χ2v) is 9.22. The van der Waals surface area contributed by atoms with E-state index in [9.17, 15) is 13.2 Å². The van der Waals surface area contributed by atoms with Crippen molar-refractivity contribution >= 4 is 44.4 Å². The zero-order valence-electron chi connectivity index (χ0n) is 18.3. The monoisotopic (exact) mass is 484 g/mol. The number of carbonyl (C=O) groups excluding carboxylic acids is 1. The van der Waals surface area contributed by atoms with E-state index < -0.39 is 28.2 Å². The van der Waals surface area contributed by atoms with Gasteiger partial charge >= 0.3 is 6.09 Å². The highest BCUT2D eigenvalue weighted by Gasteiger charge is 2.33. The van der Waals surface area contributed by atoms with Crippen molar-refractivity contribution in [3.05, 3.63) is 72.3 Å². The molecule has 11 heteroatoms. The predicted octanol–water partition coefficient (Wildman–Crippen LogP) is 2.52. The van der Waals surface area contributed by atoms with Crippen molar-refractivity contribution in [1.29, 1.82) is 5.41 Å². The van der Waals surface area contributed by atoms with E-state index in [0.717, 1.165) is 17.7 Å². The Bertz CT molecular complexity index is 1320. The fourth-order valence-corrected chi connectivity index (χ4v) is 4.38. The van der Waals surface area contributed by atoms with Gasteiger partial charge in [-0.1, -0.05) is 30.3 Å². The Morgan fingerprint density at radius 1 is 1.15 bits per heavy atom. The molecule has 3 aromatic rings. The Hall–Kier alpha value is -3.96. The Balaban J connectivity index is 0.000000751. The van der Waals surface area contributed by atoms with Gasteiger partial charge in [0.25, 0.3) is 5.97 Å². The number of carbonyl (C=O) groups is 2. The van der Waals surface area contributed by atoms with Crippen LogP contribution in [-0.2, 0) is 19.6 Å². The first-order valence-electron chi connectivity index (χ1n) is 10.2. The van der Waals surface area contributed by atoms with Crippen LogP contribution in [-0.4, -0.2) is 50.6 Å². The summed E-state index contributed by atoms with van der Waals surface area (Å²) >= 11 is 0. The van der Waals surface area contributed by atoms with Crippen LogP contribution >= 0.6 is 0 Å². The van der Waals surface area contributed by atoms with E-state index in [1.54, 1.807) is 42.5 Å². The topological polar surface area (TPSA) is 163 Å². The normalized spacial score (nSPS) is 15.4. The summed E-state index contributed by atoms with van der Waals surface area (Å²) in [4.78, 5) is 22.8. The van der Waals surface area contributed by atoms with Crippen LogP contribution in [0.2, 0.25) is 0 Å². The molecule has 34 heavy (non-hydrogen) atoms. The number of hydrogen-bond acceptors (Lipinski definition) is 6. The molecular weight excluding hydrogens is 460 g/mol. The van der Waals surface area contributed by atoms with Gasteiger partial charge in [0.15, 0.2) is 0 Å². The highest BCUT2D eigenvalue weighted by atomic mass is 32.2. The van der Waals surface area contributed by atoms with Gasteiger partial charge in [0, 0.05) is 24.7 Å². The minimum atomic E-state index is -3.75. The van der Waals surface area contributed by atoms with E-state index in [1.165, 1.54) is 4.90 Å². The number of hydrogen-bond donors (Lipinski definition) is 4. The molecule has 10 nitrogen and oxygen atoms in total. The van der Waals surface area contributed by atoms with Gasteiger partial charge in [0.05, 0.1) is 11.4 Å². The lowest BCUT2D eigenvalue weighted by molar-refractivity contribution is -0.134. The number of anilines is 1. The summed E-state index contributed by atoms with van der Waals surface area (Å²) in [7, 11) is -3.75. The van der Waals surface area contributed by atoms with Crippen LogP contribution in [0.25, 0.3) is 10.8 Å². The maximum atomic E-state index is 12.7. The van der Waals surface area contributed by atoms with Crippen LogP contribution in [0.4, 0.5) is 10.5 Å². The van der Waals surface area contributed by atoms with Gasteiger partial charge in [-0.2, -0.15) is 0 Å². The smallest absolute Gasteiger partial charge is 0.414 e. The van der Waals surface area contributed by atoms with Crippen molar-refractivity contribution < 1.29 is 27.9 Å². The van der Waals surface area contributed by atoms with Crippen molar-refractivity contribution in [3.63, 3.8) is 0 Å². The SMILES string of the molecule is CC(=O)O.N=C(N)c1ccc(N2CC(CNS(=O)(=O)c3ccc4ccccc4c3)OC2=O)cc1. The van der Waals surface area contributed by atoms with Gasteiger partial charge in [0.2, 0.25) is 10.0 Å². The van der Waals surface area contributed by atoms with Gasteiger partial charge in [-0.15, -0.1) is 0 Å². The van der Waals surface area contributed by atoms with Gasteiger partial charge in [-0.25, -0.2) is 17.9 Å². The maximum Gasteiger partial charge on any atom is 0.414 e. The van der Waals surface area contributed by atoms with Crippen LogP contribution in [0.1, 0.15) is 12.5 Å². The molecule has 1 heterocycles. The summed E-state index contributed by atoms with van der Waals surface area (Å²) in [6, 6.07) is 19.0. The number of aliphatic carboxylic acids is 1. The molecule has 1 amide bonds. The molecule has 1 atom stereocenters. The number of nitrogens with one attached hydrogen (secondary N) is 2. The van der Waals surface area contributed by atoms with Gasteiger partial charge < -0.3 is 15.6 Å². The molecule has 0 aliphatic carbocycles. The average Bonchev–Trinajstić information content (AvgIpc) is 3.17. The fourth-order valence-electron chi connectivity index (χ4n) is 3.28. The summed E-state index contributed by atoms with van der Waals surface area (Å²) in [5, 5.41) is 16.6. The molecule has 0 aromatic heterocycles. The lowest BCUT2D eigenvalue weighted by Gasteiger charge is -2.14. The predicted molar refractivity (Wildman–Crippen MR) is 128 cm³/mol. The minimum Gasteiger partial charge on any atom is -0.481 e. The van der Waals surface area contributed by atoms with Crippen LogP contribution in [0, 0.1) is 5.41 Å². The number of rotatable bonds is 6. The maximum absolute atomic E-state index is 12.7. The first-order valence-corrected chi connectivity index (χ1v) is 11.7. The molecule has 1 saturated heterocycles. The van der Waals surface area contributed by atoms with Gasteiger partial charge in [-0.3, -0.25) is 15.1 Å². The molecule has 3 aromatic carbocycles. The highest BCUT2D eigenvalue weighted by molar-refractivity contribution is 7.89. The van der Waals surface area contributed by atoms with E-state index in [1.807, 2.05) is 24.3 Å². The number of carboxylic acids is 1. The van der Waals surface area contributed by atoms with Crippen molar-refractivity contribution in [2.75, 3.05) is 18.0 Å². The molecule has 1 fully saturated rings. The van der Waals surface area contributed by atoms with Gasteiger partial charge in [-0.05, 0) is 47.2 Å². The number of nitrogens with zero attached hydrogens (tertiary/aromatic N) is 1. The molecule has 0 radical (unpaired) electrons. The summed E-state index contributed by atoms with van der Waals surface area (Å²) in [5.74, 6) is -0.897. The Labute approximate surface area is 196 Å². The third kappa shape index (κ3) is 6.09. The van der Waals surface area contributed by atoms with Crippen molar-refractivity contribution in [1.82, 2.24) is 4.72 Å². The van der Waals surface area contributed by atoms with Crippen LogP contribution < -0.4 is 15.4 Å². The summed E-state index contributed by atoms with van der Waals surface area (Å²) in [5.41, 5.74) is 6.57. The molecule has 5 N–H and O–H groups in total. The standard InChI is InChI=1S/C21H20N4O4S.C2H4O2/c22-20(23)15-5-8-17(9-6-15)25-13-18(29-21(25)26)12-24-30(27,28)19-10-7-14-3-1-2-4-16(14)11-19;1-2(3)4/h1-11,18,24H,12-13H2,(H3,22,23);1H3,(H,3,4). The summed E-state index contributed by atoms with van der Waals surface area (Å²) in [6.07, 6.45) is -1.18. The average molecular weight is 485 g/mol. The third-order valence-corrected chi connectivity index (χ3v) is 6.32. The fraction of sp³-hybridized carbons (Fsp3) is 0.174. The largest absolute Gasteiger partial charge is 0.481 e. The van der Waals surface area contributed by atoms with Crippen molar-refractivity contribution in [2.24, 2.45) is 5.73 Å². The second kappa shape index (κ2) is 10.3. The molecule has 1 unspecified atom stereocenters. The minimum absolute atomic E-state index is 0.0388. The number of nitrogens with two attached hydrogens (primary N) is 1. The third-order valence-electron chi connectivity index (χ3n) is 4.90.